The first kappa shape index (κ1) is 18.4. The lowest BCUT2D eigenvalue weighted by atomic mass is 10.0. The molecule has 1 aliphatic rings. The summed E-state index contributed by atoms with van der Waals surface area (Å²) < 4.78 is 5.34. The van der Waals surface area contributed by atoms with Crippen molar-refractivity contribution >= 4 is 23.4 Å². The summed E-state index contributed by atoms with van der Waals surface area (Å²) in [6, 6.07) is 9.12. The number of carboxylic acid groups (broad SMARTS) is 1. The molecule has 0 radical (unpaired) electrons. The maximum absolute atomic E-state index is 11.0. The first-order valence-corrected chi connectivity index (χ1v) is 8.49. The summed E-state index contributed by atoms with van der Waals surface area (Å²) in [6.07, 6.45) is 0.976. The van der Waals surface area contributed by atoms with Gasteiger partial charge in [0, 0.05) is 12.3 Å². The van der Waals surface area contributed by atoms with Gasteiger partial charge in [-0.25, -0.2) is 14.8 Å². The van der Waals surface area contributed by atoms with Crippen LogP contribution in [-0.2, 0) is 4.74 Å². The smallest absolute Gasteiger partial charge is 0.405 e. The van der Waals surface area contributed by atoms with Crippen molar-refractivity contribution < 1.29 is 14.6 Å². The second-order valence-corrected chi connectivity index (χ2v) is 6.23. The molecule has 0 bridgehead atoms. The Bertz CT molecular complexity index is 849. The molecular weight excluding hydrogens is 348 g/mol. The van der Waals surface area contributed by atoms with E-state index in [0.717, 1.165) is 11.3 Å². The molecule has 9 heteroatoms. The molecule has 0 unspecified atom stereocenters. The van der Waals surface area contributed by atoms with Crippen molar-refractivity contribution in [1.29, 1.82) is 5.26 Å². The number of ether oxygens (including phenoxy) is 1. The first-order valence-electron chi connectivity index (χ1n) is 8.49. The highest BCUT2D eigenvalue weighted by Crippen LogP contribution is 2.21. The Morgan fingerprint density at radius 2 is 2.11 bits per heavy atom. The van der Waals surface area contributed by atoms with Gasteiger partial charge in [0.2, 0.25) is 0 Å². The van der Waals surface area contributed by atoms with Crippen LogP contribution >= 0.6 is 0 Å². The van der Waals surface area contributed by atoms with Crippen LogP contribution in [0.5, 0.6) is 0 Å². The average molecular weight is 368 g/mol. The normalized spacial score (nSPS) is 19.0. The van der Waals surface area contributed by atoms with Gasteiger partial charge in [0.1, 0.15) is 11.9 Å². The molecule has 2 aromatic rings. The third kappa shape index (κ3) is 4.83. The maximum Gasteiger partial charge on any atom is 0.405 e. The second kappa shape index (κ2) is 8.33. The lowest BCUT2D eigenvalue weighted by Gasteiger charge is -2.32. The van der Waals surface area contributed by atoms with Crippen LogP contribution in [0.4, 0.5) is 22.1 Å². The third-order valence-electron chi connectivity index (χ3n) is 4.19. The van der Waals surface area contributed by atoms with Gasteiger partial charge in [-0.15, -0.1) is 0 Å². The summed E-state index contributed by atoms with van der Waals surface area (Å²) in [6.45, 7) is 2.79. The fraction of sp³-hybridized carbons (Fsp3) is 0.333. The molecule has 0 saturated carbocycles. The van der Waals surface area contributed by atoms with E-state index >= 15 is 0 Å². The predicted molar refractivity (Wildman–Crippen MR) is 99.0 cm³/mol. The Morgan fingerprint density at radius 3 is 2.81 bits per heavy atom. The highest BCUT2D eigenvalue weighted by molar-refractivity contribution is 5.65. The van der Waals surface area contributed by atoms with Crippen molar-refractivity contribution in [3.63, 3.8) is 0 Å². The number of rotatable bonds is 5. The zero-order valence-electron chi connectivity index (χ0n) is 14.8. The molecule has 1 saturated heterocycles. The quantitative estimate of drug-likeness (QED) is 0.632. The fourth-order valence-electron chi connectivity index (χ4n) is 2.80. The topological polar surface area (TPSA) is 132 Å². The summed E-state index contributed by atoms with van der Waals surface area (Å²) in [4.78, 5) is 19.6. The Morgan fingerprint density at radius 1 is 1.33 bits per heavy atom. The minimum absolute atomic E-state index is 0.174. The number of aryl methyl sites for hydroxylation is 1. The molecule has 4 N–H and O–H groups in total. The minimum atomic E-state index is -1.11. The van der Waals surface area contributed by atoms with Crippen LogP contribution in [0.1, 0.15) is 17.7 Å². The molecule has 3 rings (SSSR count). The Hall–Kier alpha value is -3.38. The van der Waals surface area contributed by atoms with Gasteiger partial charge >= 0.3 is 6.09 Å². The molecule has 1 aromatic carbocycles. The summed E-state index contributed by atoms with van der Waals surface area (Å²) in [5.41, 5.74) is 2.09. The van der Waals surface area contributed by atoms with E-state index in [-0.39, 0.29) is 18.3 Å². The van der Waals surface area contributed by atoms with Gasteiger partial charge in [0.25, 0.3) is 0 Å². The zero-order chi connectivity index (χ0) is 19.2. The molecule has 1 aromatic heterocycles. The van der Waals surface area contributed by atoms with E-state index in [1.807, 2.05) is 37.3 Å². The standard InChI is InChI=1S/C18H20N6O3/c1-11-2-4-12(5-3-11)21-17-14(8-19)20-9-16(24-17)22-13-6-7-27-10-15(13)23-18(25)26/h2-5,9,13,15,23H,6-7,10H2,1H3,(H,25,26)(H2,21,22,24)/t13-,15+/m1/s1. The van der Waals surface area contributed by atoms with Gasteiger partial charge < -0.3 is 25.8 Å². The van der Waals surface area contributed by atoms with E-state index in [0.29, 0.717) is 24.7 Å². The SMILES string of the molecule is Cc1ccc(Nc2nc(N[C@@H]3CCOC[C@@H]3NC(=O)O)cnc2C#N)cc1. The number of benzene rings is 1. The Balaban J connectivity index is 1.78. The number of anilines is 3. The minimum Gasteiger partial charge on any atom is -0.465 e. The van der Waals surface area contributed by atoms with Crippen LogP contribution in [0.2, 0.25) is 0 Å². The summed E-state index contributed by atoms with van der Waals surface area (Å²) in [5, 5.41) is 27.0. The molecule has 140 valence electrons. The number of nitrogens with zero attached hydrogens (tertiary/aromatic N) is 3. The number of nitriles is 1. The van der Waals surface area contributed by atoms with E-state index in [9.17, 15) is 10.1 Å². The van der Waals surface area contributed by atoms with Gasteiger partial charge in [-0.05, 0) is 25.5 Å². The van der Waals surface area contributed by atoms with Gasteiger partial charge in [-0.2, -0.15) is 5.26 Å². The molecule has 0 aliphatic carbocycles. The summed E-state index contributed by atoms with van der Waals surface area (Å²) in [5.74, 6) is 0.786. The van der Waals surface area contributed by atoms with Crippen LogP contribution in [0.15, 0.2) is 30.5 Å². The Labute approximate surface area is 156 Å². The predicted octanol–water partition coefficient (Wildman–Crippen LogP) is 2.24. The molecular formula is C18H20N6O3. The van der Waals surface area contributed by atoms with Crippen molar-refractivity contribution in [2.75, 3.05) is 23.8 Å². The maximum atomic E-state index is 11.0. The van der Waals surface area contributed by atoms with Crippen molar-refractivity contribution in [2.45, 2.75) is 25.4 Å². The second-order valence-electron chi connectivity index (χ2n) is 6.23. The van der Waals surface area contributed by atoms with Gasteiger partial charge in [0.05, 0.1) is 24.9 Å². The van der Waals surface area contributed by atoms with Crippen molar-refractivity contribution in [2.24, 2.45) is 0 Å². The highest BCUT2D eigenvalue weighted by Gasteiger charge is 2.27. The highest BCUT2D eigenvalue weighted by atomic mass is 16.5. The molecule has 2 atom stereocenters. The lowest BCUT2D eigenvalue weighted by Crippen LogP contribution is -2.52. The van der Waals surface area contributed by atoms with E-state index in [1.54, 1.807) is 0 Å². The molecule has 1 aliphatic heterocycles. The number of hydrogen-bond donors (Lipinski definition) is 4. The number of nitrogens with one attached hydrogen (secondary N) is 3. The monoisotopic (exact) mass is 368 g/mol. The van der Waals surface area contributed by atoms with Crippen LogP contribution in [0.25, 0.3) is 0 Å². The third-order valence-corrected chi connectivity index (χ3v) is 4.19. The van der Waals surface area contributed by atoms with Crippen LogP contribution in [-0.4, -0.2) is 46.5 Å². The molecule has 1 amide bonds. The van der Waals surface area contributed by atoms with Crippen LogP contribution in [0, 0.1) is 18.3 Å². The first-order chi connectivity index (χ1) is 13.0. The van der Waals surface area contributed by atoms with Gasteiger partial charge in [-0.1, -0.05) is 17.7 Å². The number of hydrogen-bond acceptors (Lipinski definition) is 7. The van der Waals surface area contributed by atoms with Gasteiger partial charge in [-0.3, -0.25) is 0 Å². The largest absolute Gasteiger partial charge is 0.465 e. The fourth-order valence-corrected chi connectivity index (χ4v) is 2.80. The van der Waals surface area contributed by atoms with E-state index in [1.165, 1.54) is 6.20 Å². The number of carbonyl (C=O) groups is 1. The average Bonchev–Trinajstić information content (AvgIpc) is 2.65. The van der Waals surface area contributed by atoms with Crippen molar-refractivity contribution in [1.82, 2.24) is 15.3 Å². The van der Waals surface area contributed by atoms with Crippen LogP contribution < -0.4 is 16.0 Å². The van der Waals surface area contributed by atoms with E-state index in [2.05, 4.69) is 25.9 Å². The number of aromatic nitrogens is 2. The van der Waals surface area contributed by atoms with Crippen LogP contribution in [0.3, 0.4) is 0 Å². The van der Waals surface area contributed by atoms with Crippen molar-refractivity contribution in [3.05, 3.63) is 41.7 Å². The number of amides is 1. The molecule has 0 spiro atoms. The lowest BCUT2D eigenvalue weighted by molar-refractivity contribution is 0.0625. The summed E-state index contributed by atoms with van der Waals surface area (Å²) >= 11 is 0. The van der Waals surface area contributed by atoms with E-state index in [4.69, 9.17) is 9.84 Å². The zero-order valence-corrected chi connectivity index (χ0v) is 14.8. The molecule has 9 nitrogen and oxygen atoms in total. The molecule has 27 heavy (non-hydrogen) atoms. The summed E-state index contributed by atoms with van der Waals surface area (Å²) in [7, 11) is 0. The Kier molecular flexibility index (Phi) is 5.68. The molecule has 2 heterocycles. The van der Waals surface area contributed by atoms with Gasteiger partial charge in [0.15, 0.2) is 11.5 Å². The van der Waals surface area contributed by atoms with Crippen molar-refractivity contribution in [3.8, 4) is 6.07 Å². The van der Waals surface area contributed by atoms with E-state index < -0.39 is 12.1 Å². The molecule has 1 fully saturated rings.